The number of hydrogen-bond acceptors (Lipinski definition) is 4. The zero-order valence-corrected chi connectivity index (χ0v) is 10.9. The molecule has 0 N–H and O–H groups in total. The molecule has 0 aromatic carbocycles. The van der Waals surface area contributed by atoms with Crippen LogP contribution in [0.15, 0.2) is 39.8 Å². The van der Waals surface area contributed by atoms with Crippen molar-refractivity contribution >= 4 is 5.91 Å². The van der Waals surface area contributed by atoms with Gasteiger partial charge in [0.2, 0.25) is 5.91 Å². The largest absolute Gasteiger partial charge is 0.464 e. The molecule has 0 fully saturated rings. The first-order valence-electron chi connectivity index (χ1n) is 5.87. The molecule has 0 unspecified atom stereocenters. The Morgan fingerprint density at radius 1 is 1.47 bits per heavy atom. The van der Waals surface area contributed by atoms with E-state index in [0.717, 1.165) is 5.76 Å². The summed E-state index contributed by atoms with van der Waals surface area (Å²) in [6, 6.07) is 5.29. The highest BCUT2D eigenvalue weighted by atomic mass is 16.3. The summed E-state index contributed by atoms with van der Waals surface area (Å²) >= 11 is 0. The molecule has 0 atom stereocenters. The van der Waals surface area contributed by atoms with Gasteiger partial charge in [-0.15, -0.1) is 0 Å². The van der Waals surface area contributed by atoms with Gasteiger partial charge in [0.05, 0.1) is 6.54 Å². The van der Waals surface area contributed by atoms with Crippen LogP contribution in [0, 0.1) is 6.92 Å². The average molecular weight is 261 g/mol. The fourth-order valence-electron chi connectivity index (χ4n) is 1.67. The predicted molar refractivity (Wildman–Crippen MR) is 68.4 cm³/mol. The van der Waals surface area contributed by atoms with Crippen LogP contribution in [0.1, 0.15) is 11.5 Å². The van der Waals surface area contributed by atoms with Crippen molar-refractivity contribution in [1.29, 1.82) is 0 Å². The topological polar surface area (TPSA) is 68.3 Å². The molecule has 0 bridgehead atoms. The van der Waals surface area contributed by atoms with Crippen molar-refractivity contribution in [2.75, 3.05) is 7.05 Å². The average Bonchev–Trinajstić information content (AvgIpc) is 2.77. The molecule has 0 spiro atoms. The SMILES string of the molecule is Cc1ccc(CN(C)C(=O)Cn2cccnc2=O)o1. The normalized spacial score (nSPS) is 10.4. The third kappa shape index (κ3) is 3.31. The lowest BCUT2D eigenvalue weighted by molar-refractivity contribution is -0.131. The van der Waals surface area contributed by atoms with Gasteiger partial charge in [0, 0.05) is 19.4 Å². The Morgan fingerprint density at radius 2 is 2.26 bits per heavy atom. The van der Waals surface area contributed by atoms with Crippen molar-refractivity contribution in [3.63, 3.8) is 0 Å². The van der Waals surface area contributed by atoms with Crippen LogP contribution >= 0.6 is 0 Å². The maximum absolute atomic E-state index is 12.0. The number of aromatic nitrogens is 2. The van der Waals surface area contributed by atoms with Crippen molar-refractivity contribution < 1.29 is 9.21 Å². The molecule has 0 saturated heterocycles. The van der Waals surface area contributed by atoms with Gasteiger partial charge in [0.1, 0.15) is 18.1 Å². The molecule has 2 heterocycles. The summed E-state index contributed by atoms with van der Waals surface area (Å²) in [5.41, 5.74) is -0.432. The summed E-state index contributed by atoms with van der Waals surface area (Å²) in [4.78, 5) is 28.5. The molecule has 0 aliphatic carbocycles. The first-order valence-corrected chi connectivity index (χ1v) is 5.87. The molecule has 100 valence electrons. The van der Waals surface area contributed by atoms with Crippen molar-refractivity contribution in [2.45, 2.75) is 20.0 Å². The van der Waals surface area contributed by atoms with Crippen LogP contribution in [-0.2, 0) is 17.9 Å². The lowest BCUT2D eigenvalue weighted by Crippen LogP contribution is -2.33. The smallest absolute Gasteiger partial charge is 0.347 e. The minimum Gasteiger partial charge on any atom is -0.464 e. The van der Waals surface area contributed by atoms with Crippen LogP contribution in [0.4, 0.5) is 0 Å². The van der Waals surface area contributed by atoms with Crippen LogP contribution in [0.5, 0.6) is 0 Å². The van der Waals surface area contributed by atoms with E-state index in [9.17, 15) is 9.59 Å². The van der Waals surface area contributed by atoms with Gasteiger partial charge in [-0.05, 0) is 25.1 Å². The molecule has 0 radical (unpaired) electrons. The summed E-state index contributed by atoms with van der Waals surface area (Å²) in [7, 11) is 1.67. The maximum atomic E-state index is 12.0. The summed E-state index contributed by atoms with van der Waals surface area (Å²) in [6.07, 6.45) is 2.94. The van der Waals surface area contributed by atoms with Gasteiger partial charge < -0.3 is 9.32 Å². The highest BCUT2D eigenvalue weighted by Crippen LogP contribution is 2.08. The monoisotopic (exact) mass is 261 g/mol. The predicted octanol–water partition coefficient (Wildman–Crippen LogP) is 0.803. The fourth-order valence-corrected chi connectivity index (χ4v) is 1.67. The number of likely N-dealkylation sites (N-methyl/N-ethyl adjacent to an activating group) is 1. The third-order valence-corrected chi connectivity index (χ3v) is 2.70. The zero-order valence-electron chi connectivity index (χ0n) is 10.9. The molecular weight excluding hydrogens is 246 g/mol. The fraction of sp³-hybridized carbons (Fsp3) is 0.308. The van der Waals surface area contributed by atoms with Gasteiger partial charge >= 0.3 is 5.69 Å². The van der Waals surface area contributed by atoms with Crippen molar-refractivity contribution in [2.24, 2.45) is 0 Å². The lowest BCUT2D eigenvalue weighted by atomic mass is 10.4. The van der Waals surface area contributed by atoms with Gasteiger partial charge in [-0.3, -0.25) is 9.36 Å². The summed E-state index contributed by atoms with van der Waals surface area (Å²) in [5.74, 6) is 1.34. The minimum atomic E-state index is -0.432. The molecule has 2 aromatic heterocycles. The quantitative estimate of drug-likeness (QED) is 0.816. The number of carbonyl (C=O) groups excluding carboxylic acids is 1. The molecule has 6 heteroatoms. The Labute approximate surface area is 110 Å². The molecule has 19 heavy (non-hydrogen) atoms. The van der Waals surface area contributed by atoms with E-state index in [4.69, 9.17) is 4.42 Å². The molecule has 0 saturated carbocycles. The summed E-state index contributed by atoms with van der Waals surface area (Å²) < 4.78 is 6.67. The molecule has 0 aliphatic heterocycles. The summed E-state index contributed by atoms with van der Waals surface area (Å²) in [6.45, 7) is 2.20. The van der Waals surface area contributed by atoms with Gasteiger partial charge in [0.25, 0.3) is 0 Å². The van der Waals surface area contributed by atoms with E-state index in [1.54, 1.807) is 13.1 Å². The number of hydrogen-bond donors (Lipinski definition) is 0. The Morgan fingerprint density at radius 3 is 2.89 bits per heavy atom. The number of nitrogens with zero attached hydrogens (tertiary/aromatic N) is 3. The Bertz CT molecular complexity index is 630. The summed E-state index contributed by atoms with van der Waals surface area (Å²) in [5, 5.41) is 0. The Balaban J connectivity index is 2.00. The van der Waals surface area contributed by atoms with Crippen molar-refractivity contribution in [3.05, 3.63) is 52.6 Å². The van der Waals surface area contributed by atoms with E-state index in [1.165, 1.54) is 21.9 Å². The van der Waals surface area contributed by atoms with Gasteiger partial charge in [-0.1, -0.05) is 0 Å². The van der Waals surface area contributed by atoms with E-state index in [-0.39, 0.29) is 12.5 Å². The maximum Gasteiger partial charge on any atom is 0.347 e. The van der Waals surface area contributed by atoms with Crippen LogP contribution < -0.4 is 5.69 Å². The Hall–Kier alpha value is -2.37. The third-order valence-electron chi connectivity index (χ3n) is 2.70. The van der Waals surface area contributed by atoms with Crippen molar-refractivity contribution in [1.82, 2.24) is 14.5 Å². The number of furan rings is 1. The van der Waals surface area contributed by atoms with Gasteiger partial charge in [-0.25, -0.2) is 9.78 Å². The highest BCUT2D eigenvalue weighted by molar-refractivity contribution is 5.75. The zero-order chi connectivity index (χ0) is 13.8. The van der Waals surface area contributed by atoms with Crippen molar-refractivity contribution in [3.8, 4) is 0 Å². The number of amides is 1. The van der Waals surface area contributed by atoms with Crippen LogP contribution in [-0.4, -0.2) is 27.4 Å². The molecular formula is C13H15N3O3. The lowest BCUT2D eigenvalue weighted by Gasteiger charge is -2.16. The van der Waals surface area contributed by atoms with Gasteiger partial charge in [0.15, 0.2) is 0 Å². The van der Waals surface area contributed by atoms with E-state index in [0.29, 0.717) is 12.3 Å². The van der Waals surface area contributed by atoms with Gasteiger partial charge in [-0.2, -0.15) is 0 Å². The minimum absolute atomic E-state index is 0.0249. The van der Waals surface area contributed by atoms with Crippen LogP contribution in [0.3, 0.4) is 0 Å². The second-order valence-corrected chi connectivity index (χ2v) is 4.29. The molecule has 2 aromatic rings. The standard InChI is InChI=1S/C13H15N3O3/c1-10-4-5-11(19-10)8-15(2)12(17)9-16-7-3-6-14-13(16)18/h3-7H,8-9H2,1-2H3. The number of carbonyl (C=O) groups is 1. The van der Waals surface area contributed by atoms with Crippen LogP contribution in [0.2, 0.25) is 0 Å². The highest BCUT2D eigenvalue weighted by Gasteiger charge is 2.12. The van der Waals surface area contributed by atoms with E-state index in [2.05, 4.69) is 4.98 Å². The van der Waals surface area contributed by atoms with E-state index < -0.39 is 5.69 Å². The molecule has 1 amide bonds. The molecule has 2 rings (SSSR count). The van der Waals surface area contributed by atoms with E-state index >= 15 is 0 Å². The first-order chi connectivity index (χ1) is 9.06. The Kier molecular flexibility index (Phi) is 3.79. The number of aryl methyl sites for hydroxylation is 1. The van der Waals surface area contributed by atoms with E-state index in [1.807, 2.05) is 19.1 Å². The second-order valence-electron chi connectivity index (χ2n) is 4.29. The second kappa shape index (κ2) is 5.51. The first kappa shape index (κ1) is 13.1. The molecule has 6 nitrogen and oxygen atoms in total. The van der Waals surface area contributed by atoms with Crippen LogP contribution in [0.25, 0.3) is 0 Å². The molecule has 0 aliphatic rings. The number of rotatable bonds is 4.